The van der Waals surface area contributed by atoms with E-state index in [0.29, 0.717) is 24.8 Å². The summed E-state index contributed by atoms with van der Waals surface area (Å²) in [5.74, 6) is -2.38. The van der Waals surface area contributed by atoms with Crippen molar-refractivity contribution in [2.24, 2.45) is 0 Å². The van der Waals surface area contributed by atoms with Gasteiger partial charge in [0.2, 0.25) is 0 Å². The minimum absolute atomic E-state index is 0.0707. The van der Waals surface area contributed by atoms with E-state index in [1.807, 2.05) is 67.6 Å². The molecule has 0 bridgehead atoms. The second-order valence-electron chi connectivity index (χ2n) is 7.45. The second-order valence-corrected chi connectivity index (χ2v) is 7.45. The first kappa shape index (κ1) is 21.3. The summed E-state index contributed by atoms with van der Waals surface area (Å²) in [6, 6.07) is 21.3. The maximum absolute atomic E-state index is 12.1. The van der Waals surface area contributed by atoms with Crippen LogP contribution in [0.3, 0.4) is 0 Å². The number of carboxylic acid groups (broad SMARTS) is 2. The molecular formula is C26H26O4. The summed E-state index contributed by atoms with van der Waals surface area (Å²) in [6.45, 7) is 2.04. The molecule has 0 aliphatic carbocycles. The van der Waals surface area contributed by atoms with Gasteiger partial charge in [0.05, 0.1) is 11.1 Å². The van der Waals surface area contributed by atoms with E-state index in [1.165, 1.54) is 0 Å². The lowest BCUT2D eigenvalue weighted by Crippen LogP contribution is -2.17. The fraction of sp³-hybridized carbons (Fsp3) is 0.231. The molecule has 0 radical (unpaired) electrons. The third-order valence-electron chi connectivity index (χ3n) is 5.33. The number of carboxylic acids is 2. The van der Waals surface area contributed by atoms with Gasteiger partial charge in [-0.05, 0) is 59.6 Å². The highest BCUT2D eigenvalue weighted by Crippen LogP contribution is 2.30. The van der Waals surface area contributed by atoms with Gasteiger partial charge in [0.15, 0.2) is 0 Å². The average molecular weight is 402 g/mol. The number of hydrogen-bond acceptors (Lipinski definition) is 2. The molecule has 30 heavy (non-hydrogen) atoms. The molecule has 0 amide bonds. The predicted molar refractivity (Wildman–Crippen MR) is 117 cm³/mol. The van der Waals surface area contributed by atoms with E-state index in [0.717, 1.165) is 35.1 Å². The topological polar surface area (TPSA) is 74.6 Å². The first-order valence-electron chi connectivity index (χ1n) is 10.2. The summed E-state index contributed by atoms with van der Waals surface area (Å²) < 4.78 is 0. The van der Waals surface area contributed by atoms with Gasteiger partial charge in [-0.25, -0.2) is 9.59 Å². The van der Waals surface area contributed by atoms with Gasteiger partial charge in [-0.3, -0.25) is 0 Å². The minimum atomic E-state index is -1.20. The molecule has 0 saturated carbocycles. The van der Waals surface area contributed by atoms with Crippen LogP contribution in [0.15, 0.2) is 66.7 Å². The van der Waals surface area contributed by atoms with Crippen LogP contribution in [0.1, 0.15) is 68.3 Å². The summed E-state index contributed by atoms with van der Waals surface area (Å²) in [6.07, 6.45) is 3.37. The molecule has 3 rings (SSSR count). The molecule has 0 fully saturated rings. The van der Waals surface area contributed by atoms with Crippen LogP contribution in [0.25, 0.3) is 0 Å². The second kappa shape index (κ2) is 9.88. The van der Waals surface area contributed by atoms with E-state index in [2.05, 4.69) is 0 Å². The Morgan fingerprint density at radius 1 is 0.767 bits per heavy atom. The predicted octanol–water partition coefficient (Wildman–Crippen LogP) is 5.61. The quantitative estimate of drug-likeness (QED) is 0.488. The van der Waals surface area contributed by atoms with Crippen LogP contribution in [-0.4, -0.2) is 22.2 Å². The lowest BCUT2D eigenvalue weighted by Gasteiger charge is -2.20. The molecule has 2 N–H and O–H groups in total. The number of unbranched alkanes of at least 4 members (excludes halogenated alkanes) is 1. The van der Waals surface area contributed by atoms with Gasteiger partial charge >= 0.3 is 11.9 Å². The van der Waals surface area contributed by atoms with Gasteiger partial charge in [0, 0.05) is 0 Å². The van der Waals surface area contributed by atoms with Crippen LogP contribution in [0.4, 0.5) is 0 Å². The molecule has 0 unspecified atom stereocenters. The smallest absolute Gasteiger partial charge is 0.336 e. The molecule has 0 aliphatic rings. The molecule has 3 aromatic rings. The Kier molecular flexibility index (Phi) is 7.02. The monoisotopic (exact) mass is 402 g/mol. The first-order chi connectivity index (χ1) is 14.5. The highest BCUT2D eigenvalue weighted by atomic mass is 16.4. The molecule has 0 aromatic heterocycles. The third kappa shape index (κ3) is 4.95. The van der Waals surface area contributed by atoms with Gasteiger partial charge in [0.25, 0.3) is 0 Å². The zero-order chi connectivity index (χ0) is 21.5. The van der Waals surface area contributed by atoms with Crippen LogP contribution < -0.4 is 0 Å². The molecule has 0 saturated heterocycles. The fourth-order valence-electron chi connectivity index (χ4n) is 3.88. The van der Waals surface area contributed by atoms with E-state index in [4.69, 9.17) is 0 Å². The fourth-order valence-corrected chi connectivity index (χ4v) is 3.88. The van der Waals surface area contributed by atoms with Crippen molar-refractivity contribution in [3.8, 4) is 0 Å². The summed E-state index contributed by atoms with van der Waals surface area (Å²) in [7, 11) is 0. The van der Waals surface area contributed by atoms with Crippen molar-refractivity contribution in [1.82, 2.24) is 0 Å². The number of carbonyl (C=O) groups is 2. The van der Waals surface area contributed by atoms with Gasteiger partial charge in [-0.15, -0.1) is 0 Å². The number of rotatable bonds is 9. The Bertz CT molecular complexity index is 1020. The van der Waals surface area contributed by atoms with Crippen molar-refractivity contribution in [3.63, 3.8) is 0 Å². The van der Waals surface area contributed by atoms with Crippen LogP contribution in [-0.2, 0) is 19.3 Å². The highest BCUT2D eigenvalue weighted by molar-refractivity contribution is 6.03. The summed E-state index contributed by atoms with van der Waals surface area (Å²) in [5, 5.41) is 19.7. The van der Waals surface area contributed by atoms with E-state index >= 15 is 0 Å². The first-order valence-corrected chi connectivity index (χ1v) is 10.2. The third-order valence-corrected chi connectivity index (χ3v) is 5.33. The van der Waals surface area contributed by atoms with Crippen molar-refractivity contribution in [3.05, 3.63) is 106 Å². The van der Waals surface area contributed by atoms with Crippen LogP contribution in [0.2, 0.25) is 0 Å². The highest BCUT2D eigenvalue weighted by Gasteiger charge is 2.25. The Hall–Kier alpha value is -3.40. The van der Waals surface area contributed by atoms with Gasteiger partial charge < -0.3 is 10.2 Å². The van der Waals surface area contributed by atoms with Crippen molar-refractivity contribution in [2.75, 3.05) is 0 Å². The average Bonchev–Trinajstić information content (AvgIpc) is 2.74. The van der Waals surface area contributed by atoms with E-state index in [-0.39, 0.29) is 11.1 Å². The minimum Gasteiger partial charge on any atom is -0.478 e. The Balaban J connectivity index is 2.24. The van der Waals surface area contributed by atoms with Crippen molar-refractivity contribution >= 4 is 11.9 Å². The Morgan fingerprint density at radius 3 is 1.83 bits per heavy atom. The van der Waals surface area contributed by atoms with Crippen LogP contribution >= 0.6 is 0 Å². The van der Waals surface area contributed by atoms with Crippen molar-refractivity contribution < 1.29 is 19.8 Å². The zero-order valence-corrected chi connectivity index (χ0v) is 17.1. The molecule has 3 aromatic carbocycles. The summed E-state index contributed by atoms with van der Waals surface area (Å²) in [5.41, 5.74) is 4.39. The zero-order valence-electron chi connectivity index (χ0n) is 17.1. The van der Waals surface area contributed by atoms with Crippen LogP contribution in [0, 0.1) is 0 Å². The Morgan fingerprint density at radius 2 is 1.33 bits per heavy atom. The maximum atomic E-state index is 12.1. The number of benzene rings is 3. The molecule has 4 nitrogen and oxygen atoms in total. The summed E-state index contributed by atoms with van der Waals surface area (Å²) >= 11 is 0. The molecule has 0 atom stereocenters. The lowest BCUT2D eigenvalue weighted by atomic mass is 9.84. The van der Waals surface area contributed by atoms with Gasteiger partial charge in [-0.1, -0.05) is 74.0 Å². The van der Waals surface area contributed by atoms with Gasteiger partial charge in [-0.2, -0.15) is 0 Å². The Labute approximate surface area is 176 Å². The lowest BCUT2D eigenvalue weighted by molar-refractivity contribution is 0.0650. The number of aromatic carboxylic acids is 2. The van der Waals surface area contributed by atoms with Gasteiger partial charge in [0.1, 0.15) is 0 Å². The maximum Gasteiger partial charge on any atom is 0.336 e. The number of hydrogen-bond donors (Lipinski definition) is 2. The van der Waals surface area contributed by atoms with Crippen molar-refractivity contribution in [2.45, 2.75) is 39.0 Å². The van der Waals surface area contributed by atoms with E-state index < -0.39 is 11.9 Å². The molecule has 0 spiro atoms. The summed E-state index contributed by atoms with van der Waals surface area (Å²) in [4.78, 5) is 24.1. The SMILES string of the molecule is CCCCc1c(Cc2ccccc2)c(Cc2ccccc2)cc(C(=O)O)c1C(=O)O. The van der Waals surface area contributed by atoms with Crippen molar-refractivity contribution in [1.29, 1.82) is 0 Å². The standard InChI is InChI=1S/C26H26O4/c1-2-3-14-21-22(16-19-12-8-5-9-13-19)20(15-18-10-6-4-7-11-18)17-23(25(27)28)24(21)26(29)30/h4-13,17H,2-3,14-16H2,1H3,(H,27,28)(H,29,30). The molecular weight excluding hydrogens is 376 g/mol. The molecule has 4 heteroatoms. The largest absolute Gasteiger partial charge is 0.478 e. The van der Waals surface area contributed by atoms with Crippen LogP contribution in [0.5, 0.6) is 0 Å². The molecule has 0 aliphatic heterocycles. The normalized spacial score (nSPS) is 10.7. The molecule has 154 valence electrons. The van der Waals surface area contributed by atoms with E-state index in [1.54, 1.807) is 6.07 Å². The van der Waals surface area contributed by atoms with E-state index in [9.17, 15) is 19.8 Å². The molecule has 0 heterocycles.